The lowest BCUT2D eigenvalue weighted by molar-refractivity contribution is -0.136. The Hall–Kier alpha value is -1.55. The molecule has 19 heavy (non-hydrogen) atoms. The highest BCUT2D eigenvalue weighted by Crippen LogP contribution is 2.24. The monoisotopic (exact) mass is 262 g/mol. The van der Waals surface area contributed by atoms with Gasteiger partial charge in [-0.05, 0) is 31.0 Å². The van der Waals surface area contributed by atoms with Gasteiger partial charge in [0.2, 0.25) is 5.91 Å². The number of aliphatic hydroxyl groups excluding tert-OH is 1. The summed E-state index contributed by atoms with van der Waals surface area (Å²) in [6, 6.07) is 7.92. The Kier molecular flexibility index (Phi) is 4.10. The fraction of sp³-hybridized carbons (Fsp3) is 0.533. The molecule has 2 unspecified atom stereocenters. The van der Waals surface area contributed by atoms with Crippen LogP contribution in [0, 0.1) is 0 Å². The van der Waals surface area contributed by atoms with E-state index in [1.807, 2.05) is 24.0 Å². The predicted octanol–water partition coefficient (Wildman–Crippen LogP) is 1.28. The van der Waals surface area contributed by atoms with Crippen molar-refractivity contribution in [3.8, 4) is 0 Å². The van der Waals surface area contributed by atoms with E-state index in [1.165, 1.54) is 5.56 Å². The first-order valence-electron chi connectivity index (χ1n) is 6.81. The van der Waals surface area contributed by atoms with Crippen molar-refractivity contribution in [2.75, 3.05) is 25.1 Å². The summed E-state index contributed by atoms with van der Waals surface area (Å²) < 4.78 is 0. The third-order valence-corrected chi connectivity index (χ3v) is 3.98. The van der Waals surface area contributed by atoms with Crippen molar-refractivity contribution in [3.63, 3.8) is 0 Å². The van der Waals surface area contributed by atoms with Crippen LogP contribution >= 0.6 is 0 Å². The van der Waals surface area contributed by atoms with Gasteiger partial charge in [0.25, 0.3) is 0 Å². The summed E-state index contributed by atoms with van der Waals surface area (Å²) >= 11 is 0. The summed E-state index contributed by atoms with van der Waals surface area (Å²) in [6.07, 6.45) is 1.00. The number of likely N-dealkylation sites (N-methyl/N-ethyl adjacent to an activating group) is 1. The second-order valence-electron chi connectivity index (χ2n) is 5.17. The Morgan fingerprint density at radius 3 is 2.47 bits per heavy atom. The molecular formula is C15H22N2O2. The number of rotatable bonds is 3. The molecule has 0 aromatic heterocycles. The maximum absolute atomic E-state index is 12.2. The van der Waals surface area contributed by atoms with Gasteiger partial charge in [-0.15, -0.1) is 0 Å². The van der Waals surface area contributed by atoms with Crippen LogP contribution in [0.4, 0.5) is 5.69 Å². The summed E-state index contributed by atoms with van der Waals surface area (Å²) in [6.45, 7) is 4.75. The van der Waals surface area contributed by atoms with Crippen LogP contribution in [0.3, 0.4) is 0 Å². The van der Waals surface area contributed by atoms with Gasteiger partial charge in [0.05, 0.1) is 6.61 Å². The molecule has 1 aliphatic heterocycles. The molecule has 1 amide bonds. The number of aliphatic hydroxyl groups is 1. The smallest absolute Gasteiger partial charge is 0.247 e. The van der Waals surface area contributed by atoms with Crippen LogP contribution < -0.4 is 4.90 Å². The molecule has 2 atom stereocenters. The van der Waals surface area contributed by atoms with Crippen molar-refractivity contribution >= 4 is 11.6 Å². The Morgan fingerprint density at radius 2 is 1.95 bits per heavy atom. The first-order chi connectivity index (χ1) is 9.08. The van der Waals surface area contributed by atoms with E-state index in [1.54, 1.807) is 11.9 Å². The van der Waals surface area contributed by atoms with Crippen LogP contribution in [0.2, 0.25) is 0 Å². The van der Waals surface area contributed by atoms with E-state index in [4.69, 9.17) is 0 Å². The lowest BCUT2D eigenvalue weighted by Crippen LogP contribution is -2.61. The van der Waals surface area contributed by atoms with Gasteiger partial charge in [0, 0.05) is 25.3 Å². The van der Waals surface area contributed by atoms with E-state index >= 15 is 0 Å². The maximum Gasteiger partial charge on any atom is 0.247 e. The maximum atomic E-state index is 12.2. The zero-order chi connectivity index (χ0) is 14.0. The number of carbonyl (C=O) groups is 1. The van der Waals surface area contributed by atoms with Crippen molar-refractivity contribution in [3.05, 3.63) is 29.8 Å². The van der Waals surface area contributed by atoms with E-state index in [9.17, 15) is 9.90 Å². The van der Waals surface area contributed by atoms with Gasteiger partial charge in [-0.25, -0.2) is 0 Å². The lowest BCUT2D eigenvalue weighted by atomic mass is 10.1. The van der Waals surface area contributed by atoms with Crippen LogP contribution in [0.25, 0.3) is 0 Å². The fourth-order valence-corrected chi connectivity index (χ4v) is 2.51. The van der Waals surface area contributed by atoms with Crippen LogP contribution in [0.15, 0.2) is 24.3 Å². The summed E-state index contributed by atoms with van der Waals surface area (Å²) in [5.41, 5.74) is 2.28. The van der Waals surface area contributed by atoms with Crippen molar-refractivity contribution < 1.29 is 9.90 Å². The highest BCUT2D eigenvalue weighted by Gasteiger charge is 2.36. The average Bonchev–Trinajstić information content (AvgIpc) is 2.44. The molecule has 4 nitrogen and oxygen atoms in total. The van der Waals surface area contributed by atoms with Gasteiger partial charge >= 0.3 is 0 Å². The standard InChI is InChI=1S/C15H22N2O2/c1-4-12-5-7-13(8-6-12)17-9-11(2)16(3)15(19)14(17)10-18/h5-8,11,14,18H,4,9-10H2,1-3H3. The van der Waals surface area contributed by atoms with Crippen LogP contribution in [0.5, 0.6) is 0 Å². The van der Waals surface area contributed by atoms with E-state index < -0.39 is 6.04 Å². The average molecular weight is 262 g/mol. The number of hydrogen-bond acceptors (Lipinski definition) is 3. The van der Waals surface area contributed by atoms with Crippen molar-refractivity contribution in [2.45, 2.75) is 32.4 Å². The quantitative estimate of drug-likeness (QED) is 0.892. The molecule has 104 valence electrons. The fourth-order valence-electron chi connectivity index (χ4n) is 2.51. The molecule has 2 rings (SSSR count). The Balaban J connectivity index is 2.27. The molecule has 1 N–H and O–H groups in total. The molecular weight excluding hydrogens is 240 g/mol. The summed E-state index contributed by atoms with van der Waals surface area (Å²) in [4.78, 5) is 15.9. The Morgan fingerprint density at radius 1 is 1.32 bits per heavy atom. The zero-order valence-electron chi connectivity index (χ0n) is 11.8. The van der Waals surface area contributed by atoms with E-state index in [-0.39, 0.29) is 18.6 Å². The SMILES string of the molecule is CCc1ccc(N2CC(C)N(C)C(=O)C2CO)cc1. The van der Waals surface area contributed by atoms with Crippen LogP contribution in [-0.4, -0.2) is 48.2 Å². The third-order valence-electron chi connectivity index (χ3n) is 3.98. The molecule has 0 saturated carbocycles. The molecule has 1 heterocycles. The number of amides is 1. The van der Waals surface area contributed by atoms with Gasteiger partial charge in [0.15, 0.2) is 0 Å². The molecule has 1 aromatic carbocycles. The van der Waals surface area contributed by atoms with Gasteiger partial charge in [-0.2, -0.15) is 0 Å². The Bertz CT molecular complexity index is 444. The van der Waals surface area contributed by atoms with E-state index in [0.717, 1.165) is 18.7 Å². The number of benzene rings is 1. The topological polar surface area (TPSA) is 43.8 Å². The zero-order valence-corrected chi connectivity index (χ0v) is 11.8. The minimum absolute atomic E-state index is 0.0131. The largest absolute Gasteiger partial charge is 0.394 e. The normalized spacial score (nSPS) is 23.9. The van der Waals surface area contributed by atoms with E-state index in [2.05, 4.69) is 19.1 Å². The second kappa shape index (κ2) is 5.61. The summed E-state index contributed by atoms with van der Waals surface area (Å²) in [5, 5.41) is 9.51. The van der Waals surface area contributed by atoms with Crippen molar-refractivity contribution in [1.82, 2.24) is 4.90 Å². The molecule has 0 bridgehead atoms. The molecule has 1 saturated heterocycles. The summed E-state index contributed by atoms with van der Waals surface area (Å²) in [5.74, 6) is -0.0131. The first kappa shape index (κ1) is 13.9. The summed E-state index contributed by atoms with van der Waals surface area (Å²) in [7, 11) is 1.80. The van der Waals surface area contributed by atoms with Crippen molar-refractivity contribution in [2.24, 2.45) is 0 Å². The van der Waals surface area contributed by atoms with Gasteiger partial charge in [-0.1, -0.05) is 19.1 Å². The number of piperazine rings is 1. The Labute approximate surface area is 114 Å². The lowest BCUT2D eigenvalue weighted by Gasteiger charge is -2.43. The molecule has 0 aliphatic carbocycles. The first-order valence-corrected chi connectivity index (χ1v) is 6.81. The van der Waals surface area contributed by atoms with Crippen LogP contribution in [0.1, 0.15) is 19.4 Å². The molecule has 0 spiro atoms. The number of nitrogens with zero attached hydrogens (tertiary/aromatic N) is 2. The number of carbonyl (C=O) groups excluding carboxylic acids is 1. The molecule has 1 aliphatic rings. The number of anilines is 1. The van der Waals surface area contributed by atoms with E-state index in [0.29, 0.717) is 0 Å². The number of aryl methyl sites for hydroxylation is 1. The van der Waals surface area contributed by atoms with Gasteiger partial charge in [-0.3, -0.25) is 4.79 Å². The molecule has 1 fully saturated rings. The molecule has 4 heteroatoms. The second-order valence-corrected chi connectivity index (χ2v) is 5.17. The minimum Gasteiger partial charge on any atom is -0.394 e. The van der Waals surface area contributed by atoms with Crippen molar-refractivity contribution in [1.29, 1.82) is 0 Å². The highest BCUT2D eigenvalue weighted by atomic mass is 16.3. The molecule has 1 aromatic rings. The third kappa shape index (κ3) is 2.59. The van der Waals surface area contributed by atoms with Gasteiger partial charge in [0.1, 0.15) is 6.04 Å². The number of hydrogen-bond donors (Lipinski definition) is 1. The highest BCUT2D eigenvalue weighted by molar-refractivity contribution is 5.87. The minimum atomic E-state index is -0.464. The molecule has 0 radical (unpaired) electrons. The van der Waals surface area contributed by atoms with Gasteiger partial charge < -0.3 is 14.9 Å². The predicted molar refractivity (Wildman–Crippen MR) is 76.3 cm³/mol. The van der Waals surface area contributed by atoms with Crippen LogP contribution in [-0.2, 0) is 11.2 Å².